The smallest absolute Gasteiger partial charge is 0.255 e. The Bertz CT molecular complexity index is 964. The van der Waals surface area contributed by atoms with Crippen LogP contribution >= 0.6 is 0 Å². The number of benzene rings is 1. The summed E-state index contributed by atoms with van der Waals surface area (Å²) in [4.78, 5) is 19.2. The van der Waals surface area contributed by atoms with Crippen LogP contribution in [0.4, 0.5) is 5.69 Å². The van der Waals surface area contributed by atoms with Crippen molar-refractivity contribution in [2.24, 2.45) is 0 Å². The van der Waals surface area contributed by atoms with E-state index in [1.165, 1.54) is 17.7 Å². The van der Waals surface area contributed by atoms with E-state index in [-0.39, 0.29) is 5.91 Å². The van der Waals surface area contributed by atoms with Gasteiger partial charge in [-0.25, -0.2) is 9.67 Å². The second-order valence-electron chi connectivity index (χ2n) is 6.91. The zero-order valence-electron chi connectivity index (χ0n) is 15.6. The number of fused-ring (bicyclic) bond motifs is 1. The number of aryl methyl sites for hydroxylation is 1. The standard InChI is InChI=1S/C21H23N5O/c1-15-18(14-24-26(15)20-7-3-4-10-22-20)21(27)23-13-16-8-9-19-17(12-16)6-5-11-25(19)2/h3-4,7-10,12,14H,5-6,11,13H2,1-2H3,(H,23,27). The van der Waals surface area contributed by atoms with E-state index in [2.05, 4.69) is 45.5 Å². The van der Waals surface area contributed by atoms with Gasteiger partial charge in [-0.15, -0.1) is 0 Å². The van der Waals surface area contributed by atoms with Crippen LogP contribution in [0.25, 0.3) is 5.82 Å². The van der Waals surface area contributed by atoms with Crippen molar-refractivity contribution in [1.82, 2.24) is 20.1 Å². The zero-order chi connectivity index (χ0) is 18.8. The summed E-state index contributed by atoms with van der Waals surface area (Å²) >= 11 is 0. The summed E-state index contributed by atoms with van der Waals surface area (Å²) in [6.45, 7) is 3.48. The van der Waals surface area contributed by atoms with Crippen molar-refractivity contribution < 1.29 is 4.79 Å². The number of hydrogen-bond donors (Lipinski definition) is 1. The maximum absolute atomic E-state index is 12.6. The molecule has 0 bridgehead atoms. The minimum Gasteiger partial charge on any atom is -0.374 e. The summed E-state index contributed by atoms with van der Waals surface area (Å²) in [6.07, 6.45) is 5.58. The van der Waals surface area contributed by atoms with Crippen molar-refractivity contribution in [2.45, 2.75) is 26.3 Å². The third-order valence-corrected chi connectivity index (χ3v) is 5.07. The monoisotopic (exact) mass is 361 g/mol. The number of rotatable bonds is 4. The summed E-state index contributed by atoms with van der Waals surface area (Å²) in [5.41, 5.74) is 5.11. The molecule has 0 radical (unpaired) electrons. The van der Waals surface area contributed by atoms with Crippen LogP contribution in [0.1, 0.15) is 33.6 Å². The van der Waals surface area contributed by atoms with Crippen LogP contribution in [-0.4, -0.2) is 34.3 Å². The third kappa shape index (κ3) is 3.43. The quantitative estimate of drug-likeness (QED) is 0.776. The molecule has 27 heavy (non-hydrogen) atoms. The molecule has 1 N–H and O–H groups in total. The molecule has 0 aliphatic carbocycles. The minimum atomic E-state index is -0.121. The van der Waals surface area contributed by atoms with Crippen molar-refractivity contribution in [3.63, 3.8) is 0 Å². The number of nitrogens with one attached hydrogen (secondary N) is 1. The number of pyridine rings is 1. The Hall–Kier alpha value is -3.15. The summed E-state index contributed by atoms with van der Waals surface area (Å²) in [5, 5.41) is 7.33. The van der Waals surface area contributed by atoms with Gasteiger partial charge in [0.1, 0.15) is 0 Å². The fourth-order valence-electron chi connectivity index (χ4n) is 3.57. The van der Waals surface area contributed by atoms with Crippen molar-refractivity contribution in [1.29, 1.82) is 0 Å². The van der Waals surface area contributed by atoms with E-state index >= 15 is 0 Å². The molecular formula is C21H23N5O. The van der Waals surface area contributed by atoms with Crippen molar-refractivity contribution >= 4 is 11.6 Å². The van der Waals surface area contributed by atoms with E-state index in [0.717, 1.165) is 24.2 Å². The molecule has 0 atom stereocenters. The number of nitrogens with zero attached hydrogens (tertiary/aromatic N) is 4. The molecule has 3 heterocycles. The first-order chi connectivity index (χ1) is 13.1. The lowest BCUT2D eigenvalue weighted by molar-refractivity contribution is 0.0950. The largest absolute Gasteiger partial charge is 0.374 e. The fraction of sp³-hybridized carbons (Fsp3) is 0.286. The van der Waals surface area contributed by atoms with Gasteiger partial charge < -0.3 is 10.2 Å². The van der Waals surface area contributed by atoms with Gasteiger partial charge >= 0.3 is 0 Å². The molecule has 1 aliphatic heterocycles. The van der Waals surface area contributed by atoms with Crippen LogP contribution in [0.3, 0.4) is 0 Å². The number of amides is 1. The SMILES string of the molecule is Cc1c(C(=O)NCc2ccc3c(c2)CCCN3C)cnn1-c1ccccn1. The van der Waals surface area contributed by atoms with Gasteiger partial charge in [0, 0.05) is 32.0 Å². The van der Waals surface area contributed by atoms with Crippen LogP contribution in [0.2, 0.25) is 0 Å². The van der Waals surface area contributed by atoms with E-state index < -0.39 is 0 Å². The molecule has 6 heteroatoms. The van der Waals surface area contributed by atoms with Gasteiger partial charge in [0.2, 0.25) is 0 Å². The van der Waals surface area contributed by atoms with Gasteiger partial charge in [0.05, 0.1) is 17.5 Å². The fourth-order valence-corrected chi connectivity index (χ4v) is 3.57. The molecule has 2 aromatic heterocycles. The Morgan fingerprint density at radius 2 is 2.15 bits per heavy atom. The van der Waals surface area contributed by atoms with Gasteiger partial charge in [0.15, 0.2) is 5.82 Å². The second kappa shape index (κ2) is 7.23. The number of carbonyl (C=O) groups is 1. The molecule has 0 fully saturated rings. The summed E-state index contributed by atoms with van der Waals surface area (Å²) in [5.74, 6) is 0.581. The Morgan fingerprint density at radius 1 is 1.26 bits per heavy atom. The molecule has 1 amide bonds. The van der Waals surface area contributed by atoms with E-state index in [9.17, 15) is 4.79 Å². The first-order valence-electron chi connectivity index (χ1n) is 9.20. The molecule has 4 rings (SSSR count). The normalized spacial score (nSPS) is 13.3. The summed E-state index contributed by atoms with van der Waals surface area (Å²) < 4.78 is 1.68. The number of carbonyl (C=O) groups excluding carboxylic acids is 1. The first kappa shape index (κ1) is 17.3. The number of hydrogen-bond acceptors (Lipinski definition) is 4. The molecule has 0 spiro atoms. The maximum Gasteiger partial charge on any atom is 0.255 e. The van der Waals surface area contributed by atoms with Crippen molar-refractivity contribution in [3.8, 4) is 5.82 Å². The molecule has 3 aromatic rings. The highest BCUT2D eigenvalue weighted by Crippen LogP contribution is 2.26. The lowest BCUT2D eigenvalue weighted by Crippen LogP contribution is -2.26. The zero-order valence-corrected chi connectivity index (χ0v) is 15.6. The molecule has 6 nitrogen and oxygen atoms in total. The Morgan fingerprint density at radius 3 is 2.96 bits per heavy atom. The molecule has 0 saturated heterocycles. The third-order valence-electron chi connectivity index (χ3n) is 5.07. The van der Waals surface area contributed by atoms with E-state index in [0.29, 0.717) is 17.9 Å². The second-order valence-corrected chi connectivity index (χ2v) is 6.91. The maximum atomic E-state index is 12.6. The predicted octanol–water partition coefficient (Wildman–Crippen LogP) is 2.89. The molecule has 1 aromatic carbocycles. The van der Waals surface area contributed by atoms with Gasteiger partial charge in [-0.3, -0.25) is 4.79 Å². The Balaban J connectivity index is 1.47. The Labute approximate surface area is 158 Å². The van der Waals surface area contributed by atoms with Crippen molar-refractivity contribution in [2.75, 3.05) is 18.5 Å². The molecule has 0 unspecified atom stereocenters. The van der Waals surface area contributed by atoms with Gasteiger partial charge in [-0.1, -0.05) is 18.2 Å². The van der Waals surface area contributed by atoms with Crippen LogP contribution in [0.5, 0.6) is 0 Å². The lowest BCUT2D eigenvalue weighted by Gasteiger charge is -2.27. The van der Waals surface area contributed by atoms with Gasteiger partial charge in [-0.2, -0.15) is 5.10 Å². The topological polar surface area (TPSA) is 63.1 Å². The summed E-state index contributed by atoms with van der Waals surface area (Å²) in [6, 6.07) is 12.1. The molecule has 0 saturated carbocycles. The summed E-state index contributed by atoms with van der Waals surface area (Å²) in [7, 11) is 2.13. The van der Waals surface area contributed by atoms with Gasteiger partial charge in [0.25, 0.3) is 5.91 Å². The van der Waals surface area contributed by atoms with E-state index in [4.69, 9.17) is 0 Å². The number of aromatic nitrogens is 3. The number of anilines is 1. The van der Waals surface area contributed by atoms with Crippen molar-refractivity contribution in [3.05, 3.63) is 71.2 Å². The van der Waals surface area contributed by atoms with E-state index in [1.54, 1.807) is 17.1 Å². The lowest BCUT2D eigenvalue weighted by atomic mass is 9.99. The van der Waals surface area contributed by atoms with Crippen LogP contribution in [-0.2, 0) is 13.0 Å². The van der Waals surface area contributed by atoms with Gasteiger partial charge in [-0.05, 0) is 49.1 Å². The highest BCUT2D eigenvalue weighted by molar-refractivity contribution is 5.95. The average Bonchev–Trinajstić information content (AvgIpc) is 3.08. The van der Waals surface area contributed by atoms with Crippen LogP contribution in [0.15, 0.2) is 48.8 Å². The molecule has 1 aliphatic rings. The Kier molecular flexibility index (Phi) is 4.62. The first-order valence-corrected chi connectivity index (χ1v) is 9.20. The highest BCUT2D eigenvalue weighted by Gasteiger charge is 2.17. The predicted molar refractivity (Wildman–Crippen MR) is 105 cm³/mol. The molecular weight excluding hydrogens is 338 g/mol. The highest BCUT2D eigenvalue weighted by atomic mass is 16.1. The van der Waals surface area contributed by atoms with E-state index in [1.807, 2.05) is 25.1 Å². The minimum absolute atomic E-state index is 0.121. The van der Waals surface area contributed by atoms with Crippen LogP contribution < -0.4 is 10.2 Å². The molecule has 138 valence electrons. The van der Waals surface area contributed by atoms with Crippen LogP contribution in [0, 0.1) is 6.92 Å². The average molecular weight is 361 g/mol.